The number of hydrogen-bond donors (Lipinski definition) is 1. The molecule has 0 aliphatic carbocycles. The van der Waals surface area contributed by atoms with Crippen LogP contribution in [0.1, 0.15) is 0 Å². The van der Waals surface area contributed by atoms with E-state index in [2.05, 4.69) is 11.2 Å². The van der Waals surface area contributed by atoms with Crippen LogP contribution in [-0.4, -0.2) is 31.8 Å². The Morgan fingerprint density at radius 3 is 2.55 bits per heavy atom. The molecule has 5 heteroatoms. The first-order chi connectivity index (χ1) is 5.05. The molecular formula is C6H9N2O2S. The van der Waals surface area contributed by atoms with Gasteiger partial charge in [-0.1, -0.05) is 0 Å². The molecule has 0 fully saturated rings. The highest BCUT2D eigenvalue weighted by Gasteiger charge is 2.16. The van der Waals surface area contributed by atoms with Crippen LogP contribution in [0, 0.1) is 6.20 Å². The normalized spacial score (nSPS) is 12.3. The molecular weight excluding hydrogens is 164 g/mol. The molecule has 0 aliphatic heterocycles. The monoisotopic (exact) mass is 173 g/mol. The zero-order valence-electron chi connectivity index (χ0n) is 6.33. The molecule has 0 aromatic carbocycles. The van der Waals surface area contributed by atoms with Crippen molar-refractivity contribution in [2.24, 2.45) is 0 Å². The minimum atomic E-state index is -3.29. The van der Waals surface area contributed by atoms with Crippen LogP contribution in [0.15, 0.2) is 17.2 Å². The van der Waals surface area contributed by atoms with Crippen LogP contribution >= 0.6 is 0 Å². The maximum absolute atomic E-state index is 11.3. The maximum Gasteiger partial charge on any atom is 0.244 e. The fourth-order valence-corrected chi connectivity index (χ4v) is 1.44. The van der Waals surface area contributed by atoms with Gasteiger partial charge in [-0.05, 0) is 6.07 Å². The third-order valence-electron chi connectivity index (χ3n) is 1.27. The van der Waals surface area contributed by atoms with Crippen LogP contribution in [0.25, 0.3) is 0 Å². The minimum absolute atomic E-state index is 0.169. The van der Waals surface area contributed by atoms with Crippen molar-refractivity contribution in [1.82, 2.24) is 9.29 Å². The average Bonchev–Trinajstić information content (AvgIpc) is 2.37. The van der Waals surface area contributed by atoms with E-state index in [4.69, 9.17) is 0 Å². The van der Waals surface area contributed by atoms with E-state index in [1.807, 2.05) is 0 Å². The molecule has 1 heterocycles. The second-order valence-electron chi connectivity index (χ2n) is 2.25. The number of rotatable bonds is 2. The summed E-state index contributed by atoms with van der Waals surface area (Å²) >= 11 is 0. The van der Waals surface area contributed by atoms with Crippen molar-refractivity contribution in [3.63, 3.8) is 0 Å². The van der Waals surface area contributed by atoms with Gasteiger partial charge in [-0.25, -0.2) is 12.7 Å². The van der Waals surface area contributed by atoms with Gasteiger partial charge in [0.25, 0.3) is 0 Å². The first-order valence-corrected chi connectivity index (χ1v) is 4.47. The van der Waals surface area contributed by atoms with Crippen molar-refractivity contribution in [3.05, 3.63) is 18.5 Å². The van der Waals surface area contributed by atoms with Crippen molar-refractivity contribution in [3.8, 4) is 0 Å². The SMILES string of the molecule is CN(C)S(=O)(=O)c1[c][nH]cc1. The summed E-state index contributed by atoms with van der Waals surface area (Å²) in [6, 6.07) is 1.47. The molecule has 0 aliphatic rings. The fourth-order valence-electron chi connectivity index (χ4n) is 0.619. The van der Waals surface area contributed by atoms with E-state index in [0.717, 1.165) is 4.31 Å². The molecule has 1 radical (unpaired) electrons. The minimum Gasteiger partial charge on any atom is -0.359 e. The summed E-state index contributed by atoms with van der Waals surface area (Å²) in [5.74, 6) is 0. The van der Waals surface area contributed by atoms with Gasteiger partial charge in [0.15, 0.2) is 0 Å². The summed E-state index contributed by atoms with van der Waals surface area (Å²) in [6.07, 6.45) is 4.03. The van der Waals surface area contributed by atoms with E-state index in [-0.39, 0.29) is 4.90 Å². The molecule has 0 amide bonds. The first kappa shape index (κ1) is 8.29. The zero-order valence-corrected chi connectivity index (χ0v) is 7.14. The molecule has 0 spiro atoms. The topological polar surface area (TPSA) is 53.2 Å². The predicted molar refractivity (Wildman–Crippen MR) is 40.5 cm³/mol. The highest BCUT2D eigenvalue weighted by atomic mass is 32.2. The van der Waals surface area contributed by atoms with E-state index in [1.165, 1.54) is 26.4 Å². The van der Waals surface area contributed by atoms with Gasteiger partial charge in [-0.2, -0.15) is 0 Å². The lowest BCUT2D eigenvalue weighted by Crippen LogP contribution is -2.21. The zero-order chi connectivity index (χ0) is 8.48. The molecule has 1 rings (SSSR count). The Hall–Kier alpha value is -0.810. The molecule has 61 valence electrons. The highest BCUT2D eigenvalue weighted by molar-refractivity contribution is 7.89. The van der Waals surface area contributed by atoms with Crippen LogP contribution in [0.4, 0.5) is 0 Å². The molecule has 1 N–H and O–H groups in total. The molecule has 4 nitrogen and oxygen atoms in total. The molecule has 1 aromatic heterocycles. The van der Waals surface area contributed by atoms with Gasteiger partial charge in [0.1, 0.15) is 4.90 Å². The second-order valence-corrected chi connectivity index (χ2v) is 4.37. The Morgan fingerprint density at radius 1 is 1.55 bits per heavy atom. The van der Waals surface area contributed by atoms with Gasteiger partial charge >= 0.3 is 0 Å². The summed E-state index contributed by atoms with van der Waals surface area (Å²) in [5, 5.41) is 0. The number of hydrogen-bond acceptors (Lipinski definition) is 2. The Labute approximate surface area is 65.9 Å². The van der Waals surface area contributed by atoms with Crippen molar-refractivity contribution in [1.29, 1.82) is 0 Å². The molecule has 11 heavy (non-hydrogen) atoms. The molecule has 0 saturated carbocycles. The number of aromatic amines is 1. The summed E-state index contributed by atoms with van der Waals surface area (Å²) in [4.78, 5) is 2.73. The van der Waals surface area contributed by atoms with Crippen LogP contribution in [0.3, 0.4) is 0 Å². The van der Waals surface area contributed by atoms with E-state index >= 15 is 0 Å². The van der Waals surface area contributed by atoms with Crippen molar-refractivity contribution >= 4 is 10.0 Å². The molecule has 0 saturated heterocycles. The van der Waals surface area contributed by atoms with Crippen molar-refractivity contribution in [2.75, 3.05) is 14.1 Å². The summed E-state index contributed by atoms with van der Waals surface area (Å²) in [5.41, 5.74) is 0. The number of aromatic nitrogens is 1. The van der Waals surface area contributed by atoms with Gasteiger partial charge in [-0.3, -0.25) is 0 Å². The van der Waals surface area contributed by atoms with Gasteiger partial charge in [0.05, 0.1) is 6.20 Å². The van der Waals surface area contributed by atoms with Gasteiger partial charge in [0.2, 0.25) is 10.0 Å². The van der Waals surface area contributed by atoms with E-state index < -0.39 is 10.0 Å². The summed E-state index contributed by atoms with van der Waals surface area (Å²) in [6.45, 7) is 0. The Bertz CT molecular complexity index is 312. The Kier molecular flexibility index (Phi) is 2.01. The van der Waals surface area contributed by atoms with Crippen molar-refractivity contribution < 1.29 is 8.42 Å². The quantitative estimate of drug-likeness (QED) is 0.687. The maximum atomic E-state index is 11.3. The summed E-state index contributed by atoms with van der Waals surface area (Å²) in [7, 11) is -0.322. The molecule has 0 unspecified atom stereocenters. The standard InChI is InChI=1S/C6H9N2O2S/c1-8(2)11(9,10)6-3-4-7-5-6/h3-4,7H,1-2H3. The third kappa shape index (κ3) is 1.44. The Balaban J connectivity index is 3.12. The predicted octanol–water partition coefficient (Wildman–Crippen LogP) is 0.0652. The summed E-state index contributed by atoms with van der Waals surface area (Å²) < 4.78 is 23.7. The van der Waals surface area contributed by atoms with E-state index in [1.54, 1.807) is 0 Å². The number of H-pyrrole nitrogens is 1. The lowest BCUT2D eigenvalue weighted by atomic mass is 10.7. The molecule has 0 bridgehead atoms. The Morgan fingerprint density at radius 2 is 2.18 bits per heavy atom. The van der Waals surface area contributed by atoms with Crippen LogP contribution < -0.4 is 0 Å². The van der Waals surface area contributed by atoms with Crippen LogP contribution in [0.5, 0.6) is 0 Å². The molecule has 1 aromatic rings. The number of nitrogens with zero attached hydrogens (tertiary/aromatic N) is 1. The number of sulfonamides is 1. The fraction of sp³-hybridized carbons (Fsp3) is 0.333. The van der Waals surface area contributed by atoms with E-state index in [9.17, 15) is 8.42 Å². The van der Waals surface area contributed by atoms with E-state index in [0.29, 0.717) is 0 Å². The highest BCUT2D eigenvalue weighted by Crippen LogP contribution is 2.09. The average molecular weight is 173 g/mol. The van der Waals surface area contributed by atoms with Crippen LogP contribution in [0.2, 0.25) is 0 Å². The lowest BCUT2D eigenvalue weighted by Gasteiger charge is -2.07. The molecule has 0 atom stereocenters. The second kappa shape index (κ2) is 2.67. The number of nitrogens with one attached hydrogen (secondary N) is 1. The van der Waals surface area contributed by atoms with Crippen molar-refractivity contribution in [2.45, 2.75) is 4.90 Å². The third-order valence-corrected chi connectivity index (χ3v) is 3.03. The smallest absolute Gasteiger partial charge is 0.244 e. The van der Waals surface area contributed by atoms with Gasteiger partial charge in [0, 0.05) is 20.3 Å². The van der Waals surface area contributed by atoms with Crippen LogP contribution in [-0.2, 0) is 10.0 Å². The van der Waals surface area contributed by atoms with Gasteiger partial charge < -0.3 is 4.98 Å². The largest absolute Gasteiger partial charge is 0.359 e. The van der Waals surface area contributed by atoms with Gasteiger partial charge in [-0.15, -0.1) is 0 Å². The lowest BCUT2D eigenvalue weighted by molar-refractivity contribution is 0.520. The first-order valence-electron chi connectivity index (χ1n) is 3.03.